The van der Waals surface area contributed by atoms with Crippen LogP contribution in [0.15, 0.2) is 78.6 Å². The molecular formula is C18H15FN2S. The first kappa shape index (κ1) is 14.6. The van der Waals surface area contributed by atoms with Crippen molar-refractivity contribution >= 4 is 11.8 Å². The van der Waals surface area contributed by atoms with Gasteiger partial charge in [-0.2, -0.15) is 0 Å². The molecule has 1 heterocycles. The highest BCUT2D eigenvalue weighted by molar-refractivity contribution is 7.99. The Balaban J connectivity index is 2.13. The second-order valence-electron chi connectivity index (χ2n) is 4.70. The Kier molecular flexibility index (Phi) is 4.39. The van der Waals surface area contributed by atoms with Gasteiger partial charge in [-0.15, -0.1) is 6.58 Å². The number of hydrogen-bond donors (Lipinski definition) is 0. The minimum atomic E-state index is -0.245. The Morgan fingerprint density at radius 2 is 1.82 bits per heavy atom. The molecule has 110 valence electrons. The highest BCUT2D eigenvalue weighted by atomic mass is 32.2. The topological polar surface area (TPSA) is 17.8 Å². The molecule has 0 bridgehead atoms. The minimum absolute atomic E-state index is 0.245. The van der Waals surface area contributed by atoms with Gasteiger partial charge in [0.2, 0.25) is 0 Å². The minimum Gasteiger partial charge on any atom is -0.287 e. The molecule has 0 fully saturated rings. The summed E-state index contributed by atoms with van der Waals surface area (Å²) in [5.41, 5.74) is 2.95. The van der Waals surface area contributed by atoms with Crippen molar-refractivity contribution in [1.82, 2.24) is 9.55 Å². The van der Waals surface area contributed by atoms with E-state index in [0.29, 0.717) is 0 Å². The number of imidazole rings is 1. The molecule has 3 aromatic rings. The fourth-order valence-corrected chi connectivity index (χ4v) is 2.95. The average Bonchev–Trinajstić information content (AvgIpc) is 2.98. The lowest BCUT2D eigenvalue weighted by molar-refractivity contribution is 0.627. The lowest BCUT2D eigenvalue weighted by atomic mass is 10.1. The van der Waals surface area contributed by atoms with Gasteiger partial charge in [-0.05, 0) is 24.3 Å². The number of thioether (sulfide) groups is 1. The van der Waals surface area contributed by atoms with Crippen LogP contribution in [0.4, 0.5) is 4.39 Å². The Morgan fingerprint density at radius 1 is 1.09 bits per heavy atom. The summed E-state index contributed by atoms with van der Waals surface area (Å²) < 4.78 is 15.3. The van der Waals surface area contributed by atoms with Gasteiger partial charge in [0.05, 0.1) is 11.9 Å². The van der Waals surface area contributed by atoms with Crippen LogP contribution in [0, 0.1) is 5.82 Å². The Hall–Kier alpha value is -2.33. The SMILES string of the molecule is C=CCSc1ncc(-c2ccccc2)n1-c1ccc(F)cc1. The summed E-state index contributed by atoms with van der Waals surface area (Å²) >= 11 is 1.60. The van der Waals surface area contributed by atoms with Crippen molar-refractivity contribution in [3.05, 3.63) is 79.3 Å². The van der Waals surface area contributed by atoms with Crippen molar-refractivity contribution < 1.29 is 4.39 Å². The van der Waals surface area contributed by atoms with E-state index in [1.165, 1.54) is 12.1 Å². The van der Waals surface area contributed by atoms with Crippen LogP contribution in [-0.4, -0.2) is 15.3 Å². The monoisotopic (exact) mass is 310 g/mol. The first-order chi connectivity index (χ1) is 10.8. The number of nitrogens with zero attached hydrogens (tertiary/aromatic N) is 2. The smallest absolute Gasteiger partial charge is 0.173 e. The molecule has 0 saturated carbocycles. The van der Waals surface area contributed by atoms with Gasteiger partial charge in [-0.1, -0.05) is 48.2 Å². The number of hydrogen-bond acceptors (Lipinski definition) is 2. The molecule has 22 heavy (non-hydrogen) atoms. The van der Waals surface area contributed by atoms with E-state index in [1.807, 2.05) is 47.2 Å². The second kappa shape index (κ2) is 6.62. The zero-order valence-corrected chi connectivity index (χ0v) is 12.8. The van der Waals surface area contributed by atoms with Crippen molar-refractivity contribution in [2.45, 2.75) is 5.16 Å². The molecule has 0 spiro atoms. The van der Waals surface area contributed by atoms with Crippen molar-refractivity contribution in [1.29, 1.82) is 0 Å². The third kappa shape index (κ3) is 2.97. The van der Waals surface area contributed by atoms with Crippen LogP contribution >= 0.6 is 11.8 Å². The maximum absolute atomic E-state index is 13.2. The number of aromatic nitrogens is 2. The average molecular weight is 310 g/mol. The summed E-state index contributed by atoms with van der Waals surface area (Å²) in [7, 11) is 0. The van der Waals surface area contributed by atoms with Crippen molar-refractivity contribution in [3.63, 3.8) is 0 Å². The van der Waals surface area contributed by atoms with E-state index >= 15 is 0 Å². The van der Waals surface area contributed by atoms with Gasteiger partial charge in [-0.3, -0.25) is 4.57 Å². The van der Waals surface area contributed by atoms with E-state index in [-0.39, 0.29) is 5.82 Å². The molecule has 3 rings (SSSR count). The highest BCUT2D eigenvalue weighted by Gasteiger charge is 2.13. The zero-order chi connectivity index (χ0) is 15.4. The van der Waals surface area contributed by atoms with Crippen LogP contribution in [0.25, 0.3) is 16.9 Å². The van der Waals surface area contributed by atoms with E-state index in [4.69, 9.17) is 0 Å². The number of rotatable bonds is 5. The lowest BCUT2D eigenvalue weighted by Gasteiger charge is -2.11. The van der Waals surface area contributed by atoms with Crippen LogP contribution < -0.4 is 0 Å². The summed E-state index contributed by atoms with van der Waals surface area (Å²) in [6, 6.07) is 16.5. The van der Waals surface area contributed by atoms with Gasteiger partial charge >= 0.3 is 0 Å². The normalized spacial score (nSPS) is 10.6. The molecule has 2 nitrogen and oxygen atoms in total. The first-order valence-electron chi connectivity index (χ1n) is 6.92. The maximum atomic E-state index is 13.2. The molecule has 2 aromatic carbocycles. The van der Waals surface area contributed by atoms with E-state index in [9.17, 15) is 4.39 Å². The molecular weight excluding hydrogens is 295 g/mol. The van der Waals surface area contributed by atoms with Crippen LogP contribution in [0.2, 0.25) is 0 Å². The van der Waals surface area contributed by atoms with Crippen molar-refractivity contribution in [2.75, 3.05) is 5.75 Å². The summed E-state index contributed by atoms with van der Waals surface area (Å²) in [4.78, 5) is 4.51. The molecule has 4 heteroatoms. The predicted octanol–water partition coefficient (Wildman–Crippen LogP) is 4.96. The summed E-state index contributed by atoms with van der Waals surface area (Å²) in [5.74, 6) is 0.525. The highest BCUT2D eigenvalue weighted by Crippen LogP contribution is 2.29. The lowest BCUT2D eigenvalue weighted by Crippen LogP contribution is -1.99. The molecule has 0 aliphatic rings. The molecule has 0 radical (unpaired) electrons. The molecule has 0 atom stereocenters. The predicted molar refractivity (Wildman–Crippen MR) is 89.9 cm³/mol. The van der Waals surface area contributed by atoms with Crippen LogP contribution in [0.5, 0.6) is 0 Å². The molecule has 1 aromatic heterocycles. The summed E-state index contributed by atoms with van der Waals surface area (Å²) in [6.07, 6.45) is 3.70. The van der Waals surface area contributed by atoms with Gasteiger partial charge in [0.15, 0.2) is 5.16 Å². The van der Waals surface area contributed by atoms with Gasteiger partial charge in [-0.25, -0.2) is 9.37 Å². The molecule has 0 saturated heterocycles. The van der Waals surface area contributed by atoms with E-state index < -0.39 is 0 Å². The summed E-state index contributed by atoms with van der Waals surface area (Å²) in [6.45, 7) is 3.75. The van der Waals surface area contributed by atoms with Crippen LogP contribution in [-0.2, 0) is 0 Å². The largest absolute Gasteiger partial charge is 0.287 e. The van der Waals surface area contributed by atoms with Crippen LogP contribution in [0.3, 0.4) is 0 Å². The molecule has 0 aliphatic heterocycles. The van der Waals surface area contributed by atoms with Gasteiger partial charge < -0.3 is 0 Å². The zero-order valence-electron chi connectivity index (χ0n) is 11.9. The van der Waals surface area contributed by atoms with Gasteiger partial charge in [0.25, 0.3) is 0 Å². The van der Waals surface area contributed by atoms with Gasteiger partial charge in [0.1, 0.15) is 5.82 Å². The Morgan fingerprint density at radius 3 is 2.50 bits per heavy atom. The fourth-order valence-electron chi connectivity index (χ4n) is 2.22. The Labute approximate surface area is 133 Å². The maximum Gasteiger partial charge on any atom is 0.173 e. The third-order valence-electron chi connectivity index (χ3n) is 3.21. The van der Waals surface area contributed by atoms with Crippen LogP contribution in [0.1, 0.15) is 0 Å². The standard InChI is InChI=1S/C18H15FN2S/c1-2-12-22-18-20-13-17(14-6-4-3-5-7-14)21(18)16-10-8-15(19)9-11-16/h2-11,13H,1,12H2. The molecule has 0 aliphatic carbocycles. The molecule has 0 N–H and O–H groups in total. The number of halogens is 1. The Bertz CT molecular complexity index is 764. The fraction of sp³-hybridized carbons (Fsp3) is 0.0556. The first-order valence-corrected chi connectivity index (χ1v) is 7.91. The van der Waals surface area contributed by atoms with E-state index in [1.54, 1.807) is 23.9 Å². The number of benzene rings is 2. The second-order valence-corrected chi connectivity index (χ2v) is 5.69. The van der Waals surface area contributed by atoms with E-state index in [2.05, 4.69) is 11.6 Å². The quantitative estimate of drug-likeness (QED) is 0.490. The van der Waals surface area contributed by atoms with Crippen molar-refractivity contribution in [2.24, 2.45) is 0 Å². The van der Waals surface area contributed by atoms with Crippen molar-refractivity contribution in [3.8, 4) is 16.9 Å². The molecule has 0 amide bonds. The van der Waals surface area contributed by atoms with Gasteiger partial charge in [0, 0.05) is 17.0 Å². The third-order valence-corrected chi connectivity index (χ3v) is 4.16. The van der Waals surface area contributed by atoms with E-state index in [0.717, 1.165) is 27.9 Å². The molecule has 0 unspecified atom stereocenters. The summed E-state index contributed by atoms with van der Waals surface area (Å²) in [5, 5.41) is 0.866.